The third kappa shape index (κ3) is 3.44. The van der Waals surface area contributed by atoms with Gasteiger partial charge in [-0.05, 0) is 49.4 Å². The zero-order valence-corrected chi connectivity index (χ0v) is 19.2. The Bertz CT molecular complexity index is 748. The highest BCUT2D eigenvalue weighted by molar-refractivity contribution is 9.09. The van der Waals surface area contributed by atoms with Crippen LogP contribution in [0.25, 0.3) is 0 Å². The molecule has 2 heterocycles. The van der Waals surface area contributed by atoms with Crippen LogP contribution >= 0.6 is 15.9 Å². The molecule has 2 aliphatic carbocycles. The van der Waals surface area contributed by atoms with Crippen LogP contribution in [0.2, 0.25) is 0 Å². The first kappa shape index (κ1) is 22.2. The van der Waals surface area contributed by atoms with E-state index in [9.17, 15) is 19.8 Å². The molecule has 0 amide bonds. The van der Waals surface area contributed by atoms with Gasteiger partial charge in [-0.2, -0.15) is 0 Å². The normalized spacial score (nSPS) is 46.6. The number of halogens is 1. The second-order valence-electron chi connectivity index (χ2n) is 9.83. The summed E-state index contributed by atoms with van der Waals surface area (Å²) in [5.41, 5.74) is -0.486. The second kappa shape index (κ2) is 7.87. The van der Waals surface area contributed by atoms with Crippen molar-refractivity contribution < 1.29 is 34.0 Å². The van der Waals surface area contributed by atoms with E-state index < -0.39 is 29.6 Å². The molecule has 0 radical (unpaired) electrons. The van der Waals surface area contributed by atoms with E-state index in [0.29, 0.717) is 25.0 Å². The van der Waals surface area contributed by atoms with Gasteiger partial charge in [0.1, 0.15) is 11.9 Å². The number of cyclic esters (lactones) is 1. The Kier molecular flexibility index (Phi) is 5.83. The maximum absolute atomic E-state index is 12.3. The summed E-state index contributed by atoms with van der Waals surface area (Å²) in [5, 5.41) is 20.9. The molecule has 0 aromatic carbocycles. The third-order valence-electron chi connectivity index (χ3n) is 8.36. The van der Waals surface area contributed by atoms with Crippen LogP contribution in [0.5, 0.6) is 0 Å². The van der Waals surface area contributed by atoms with Crippen molar-refractivity contribution in [2.45, 2.75) is 63.8 Å². The molecule has 168 valence electrons. The first-order valence-electron chi connectivity index (χ1n) is 10.8. The van der Waals surface area contributed by atoms with Crippen LogP contribution in [0, 0.1) is 22.7 Å². The lowest BCUT2D eigenvalue weighted by molar-refractivity contribution is -0.175. The summed E-state index contributed by atoms with van der Waals surface area (Å²) < 4.78 is 16.5. The van der Waals surface area contributed by atoms with Crippen molar-refractivity contribution in [2.24, 2.45) is 22.7 Å². The fourth-order valence-electron chi connectivity index (χ4n) is 6.52. The Morgan fingerprint density at radius 3 is 2.70 bits per heavy atom. The number of epoxide rings is 1. The molecule has 7 atom stereocenters. The Morgan fingerprint density at radius 1 is 1.33 bits per heavy atom. The van der Waals surface area contributed by atoms with E-state index >= 15 is 0 Å². The molecule has 4 fully saturated rings. The highest BCUT2D eigenvalue weighted by Crippen LogP contribution is 2.66. The first-order valence-corrected chi connectivity index (χ1v) is 11.9. The van der Waals surface area contributed by atoms with Gasteiger partial charge in [0.2, 0.25) is 0 Å². The topological polar surface area (TPSA) is 106 Å². The lowest BCUT2D eigenvalue weighted by Gasteiger charge is -2.60. The van der Waals surface area contributed by atoms with Gasteiger partial charge >= 0.3 is 11.9 Å². The van der Waals surface area contributed by atoms with Gasteiger partial charge in [0, 0.05) is 5.41 Å². The molecule has 2 saturated carbocycles. The zero-order valence-electron chi connectivity index (χ0n) is 17.6. The van der Waals surface area contributed by atoms with E-state index in [-0.39, 0.29) is 41.4 Å². The van der Waals surface area contributed by atoms with Gasteiger partial charge in [0.05, 0.1) is 30.5 Å². The van der Waals surface area contributed by atoms with Crippen LogP contribution in [0.4, 0.5) is 0 Å². The molecule has 7 nitrogen and oxygen atoms in total. The molecule has 0 unspecified atom stereocenters. The van der Waals surface area contributed by atoms with Gasteiger partial charge in [-0.3, -0.25) is 4.79 Å². The van der Waals surface area contributed by atoms with E-state index in [4.69, 9.17) is 14.2 Å². The largest absolute Gasteiger partial charge is 0.458 e. The smallest absolute Gasteiger partial charge is 0.337 e. The van der Waals surface area contributed by atoms with E-state index in [1.165, 1.54) is 0 Å². The van der Waals surface area contributed by atoms with E-state index in [0.717, 1.165) is 19.3 Å². The monoisotopic (exact) mass is 486 g/mol. The molecular weight excluding hydrogens is 456 g/mol. The average molecular weight is 487 g/mol. The highest BCUT2D eigenvalue weighted by Gasteiger charge is 2.66. The standard InChI is InChI=1S/C22H31BrO7/c1-20-7-6-17(25)21(2,11-24)15(20)5-8-22(12-29-22)16(20)4-3-13-14(10-28-19(13)27)30-18(26)9-23/h3,14-17,24-25H,4-12H2,1-2H3/b13-3+/t14-,15+,16+,17-,20-,21+,22-/m1/s1. The molecule has 4 aliphatic rings. The Balaban J connectivity index is 1.61. The summed E-state index contributed by atoms with van der Waals surface area (Å²) in [7, 11) is 0. The molecule has 2 N–H and O–H groups in total. The minimum absolute atomic E-state index is 0.0460. The molecule has 4 rings (SSSR count). The van der Waals surface area contributed by atoms with Gasteiger partial charge in [0.25, 0.3) is 0 Å². The Morgan fingerprint density at radius 2 is 2.07 bits per heavy atom. The van der Waals surface area contributed by atoms with E-state index in [1.54, 1.807) is 0 Å². The van der Waals surface area contributed by atoms with Crippen LogP contribution in [0.1, 0.15) is 46.0 Å². The van der Waals surface area contributed by atoms with Crippen LogP contribution < -0.4 is 0 Å². The number of fused-ring (bicyclic) bond motifs is 1. The molecule has 8 heteroatoms. The van der Waals surface area contributed by atoms with Crippen LogP contribution in [-0.2, 0) is 23.8 Å². The van der Waals surface area contributed by atoms with Crippen molar-refractivity contribution in [1.82, 2.24) is 0 Å². The number of aliphatic hydroxyl groups is 2. The lowest BCUT2D eigenvalue weighted by atomic mass is 9.45. The number of hydrogen-bond acceptors (Lipinski definition) is 7. The fraction of sp³-hybridized carbons (Fsp3) is 0.818. The maximum atomic E-state index is 12.3. The quantitative estimate of drug-likeness (QED) is 0.265. The number of carbonyl (C=O) groups excluding carboxylic acids is 2. The molecule has 1 spiro atoms. The van der Waals surface area contributed by atoms with Crippen molar-refractivity contribution in [3.63, 3.8) is 0 Å². The Labute approximate surface area is 185 Å². The molecule has 2 saturated heterocycles. The fourth-order valence-corrected chi connectivity index (χ4v) is 6.65. The van der Waals surface area contributed by atoms with Crippen LogP contribution in [0.3, 0.4) is 0 Å². The summed E-state index contributed by atoms with van der Waals surface area (Å²) in [6, 6.07) is 0. The summed E-state index contributed by atoms with van der Waals surface area (Å²) >= 11 is 3.07. The maximum Gasteiger partial charge on any atom is 0.337 e. The van der Waals surface area contributed by atoms with E-state index in [2.05, 4.69) is 22.9 Å². The van der Waals surface area contributed by atoms with Gasteiger partial charge in [-0.15, -0.1) is 0 Å². The van der Waals surface area contributed by atoms with E-state index in [1.807, 2.05) is 13.0 Å². The van der Waals surface area contributed by atoms with Crippen molar-refractivity contribution in [2.75, 3.05) is 25.2 Å². The number of aliphatic hydroxyl groups excluding tert-OH is 2. The molecule has 2 aliphatic heterocycles. The summed E-state index contributed by atoms with van der Waals surface area (Å²) in [6.45, 7) is 4.94. The predicted molar refractivity (Wildman–Crippen MR) is 111 cm³/mol. The minimum atomic E-state index is -0.679. The number of ether oxygens (including phenoxy) is 3. The molecular formula is C22H31BrO7. The number of esters is 2. The summed E-state index contributed by atoms with van der Waals surface area (Å²) in [4.78, 5) is 24.0. The first-order chi connectivity index (χ1) is 14.2. The number of rotatable bonds is 5. The third-order valence-corrected chi connectivity index (χ3v) is 8.82. The highest BCUT2D eigenvalue weighted by atomic mass is 79.9. The van der Waals surface area contributed by atoms with Gasteiger partial charge in [-0.1, -0.05) is 35.9 Å². The number of carbonyl (C=O) groups is 2. The second-order valence-corrected chi connectivity index (χ2v) is 10.4. The van der Waals surface area contributed by atoms with Gasteiger partial charge in [-0.25, -0.2) is 4.79 Å². The van der Waals surface area contributed by atoms with Crippen LogP contribution in [0.15, 0.2) is 11.6 Å². The van der Waals surface area contributed by atoms with Crippen molar-refractivity contribution in [3.05, 3.63) is 11.6 Å². The Hall–Kier alpha value is -0.960. The number of allylic oxidation sites excluding steroid dienone is 1. The minimum Gasteiger partial charge on any atom is -0.458 e. The van der Waals surface area contributed by atoms with Gasteiger partial charge in [0.15, 0.2) is 6.10 Å². The summed E-state index contributed by atoms with van der Waals surface area (Å²) in [6.07, 6.45) is 4.55. The molecule has 0 aromatic rings. The van der Waals surface area contributed by atoms with Crippen molar-refractivity contribution in [3.8, 4) is 0 Å². The number of hydrogen-bond donors (Lipinski definition) is 2. The SMILES string of the molecule is C[C@]1(CO)[C@H]2CC[C@@]3(CO3)[C@@H](C/C=C3/C(=O)OC[C@H]3OC(=O)CBr)[C@]2(C)CC[C@H]1O. The van der Waals surface area contributed by atoms with Crippen LogP contribution in [-0.4, -0.2) is 65.1 Å². The molecule has 0 bridgehead atoms. The van der Waals surface area contributed by atoms with Crippen molar-refractivity contribution >= 4 is 27.9 Å². The van der Waals surface area contributed by atoms with Crippen molar-refractivity contribution in [1.29, 1.82) is 0 Å². The average Bonchev–Trinajstić information content (AvgIpc) is 3.42. The lowest BCUT2D eigenvalue weighted by Crippen LogP contribution is -2.60. The molecule has 30 heavy (non-hydrogen) atoms. The zero-order chi connectivity index (χ0) is 21.7. The predicted octanol–water partition coefficient (Wildman–Crippen LogP) is 2.12. The molecule has 0 aromatic heterocycles. The summed E-state index contributed by atoms with van der Waals surface area (Å²) in [5.74, 6) is -0.564. The number of alkyl halides is 1. The van der Waals surface area contributed by atoms with Gasteiger partial charge < -0.3 is 24.4 Å².